The largest absolute Gasteiger partial charge is 0.381 e. The summed E-state index contributed by atoms with van der Waals surface area (Å²) in [6.45, 7) is 4.24. The molecule has 0 saturated heterocycles. The van der Waals surface area contributed by atoms with Gasteiger partial charge in [-0.3, -0.25) is 4.18 Å². The van der Waals surface area contributed by atoms with Crippen LogP contribution in [0.25, 0.3) is 0 Å². The number of unbranched alkanes of at least 4 members (excludes halogenated alkanes) is 6. The van der Waals surface area contributed by atoms with Crippen molar-refractivity contribution < 1.29 is 17.3 Å². The van der Waals surface area contributed by atoms with Gasteiger partial charge >= 0.3 is 0 Å². The molecule has 0 aromatic heterocycles. The highest BCUT2D eigenvalue weighted by molar-refractivity contribution is 7.85. The monoisotopic (exact) mass is 280 g/mol. The maximum Gasteiger partial charge on any atom is 0.264 e. The Hall–Kier alpha value is -0.130. The minimum absolute atomic E-state index is 0.318. The first-order valence-electron chi connectivity index (χ1n) is 6.98. The van der Waals surface area contributed by atoms with Gasteiger partial charge in [-0.1, -0.05) is 39.0 Å². The fourth-order valence-corrected chi connectivity index (χ4v) is 1.99. The van der Waals surface area contributed by atoms with Gasteiger partial charge in [0.1, 0.15) is 0 Å². The summed E-state index contributed by atoms with van der Waals surface area (Å²) in [6.07, 6.45) is 9.94. The second-order valence-corrected chi connectivity index (χ2v) is 6.26. The van der Waals surface area contributed by atoms with Gasteiger partial charge in [0.05, 0.1) is 12.9 Å². The van der Waals surface area contributed by atoms with Crippen LogP contribution >= 0.6 is 0 Å². The van der Waals surface area contributed by atoms with E-state index in [1.165, 1.54) is 19.3 Å². The van der Waals surface area contributed by atoms with Gasteiger partial charge in [0.15, 0.2) is 0 Å². The molecule has 0 aromatic carbocycles. The molecule has 0 aliphatic heterocycles. The molecule has 0 atom stereocenters. The first kappa shape index (κ1) is 17.9. The zero-order valence-electron chi connectivity index (χ0n) is 11.8. The third-order valence-electron chi connectivity index (χ3n) is 2.62. The van der Waals surface area contributed by atoms with Crippen molar-refractivity contribution in [1.29, 1.82) is 0 Å². The minimum atomic E-state index is -3.25. The topological polar surface area (TPSA) is 52.6 Å². The van der Waals surface area contributed by atoms with Gasteiger partial charge in [0.25, 0.3) is 10.1 Å². The van der Waals surface area contributed by atoms with Gasteiger partial charge in [-0.25, -0.2) is 0 Å². The molecule has 0 radical (unpaired) electrons. The van der Waals surface area contributed by atoms with Crippen LogP contribution in [0.3, 0.4) is 0 Å². The first-order valence-corrected chi connectivity index (χ1v) is 8.80. The van der Waals surface area contributed by atoms with Crippen molar-refractivity contribution in [3.05, 3.63) is 0 Å². The summed E-state index contributed by atoms with van der Waals surface area (Å²) < 4.78 is 31.5. The average Bonchev–Trinajstić information content (AvgIpc) is 2.29. The van der Waals surface area contributed by atoms with Crippen molar-refractivity contribution in [3.63, 3.8) is 0 Å². The highest BCUT2D eigenvalue weighted by Gasteiger charge is 2.00. The highest BCUT2D eigenvalue weighted by atomic mass is 32.2. The first-order chi connectivity index (χ1) is 8.56. The normalized spacial score (nSPS) is 11.9. The van der Waals surface area contributed by atoms with E-state index in [0.29, 0.717) is 6.61 Å². The Kier molecular flexibility index (Phi) is 11.8. The second kappa shape index (κ2) is 11.9. The summed E-state index contributed by atoms with van der Waals surface area (Å²) in [5.41, 5.74) is 0. The van der Waals surface area contributed by atoms with Crippen LogP contribution in [-0.2, 0) is 19.0 Å². The van der Waals surface area contributed by atoms with E-state index >= 15 is 0 Å². The summed E-state index contributed by atoms with van der Waals surface area (Å²) in [4.78, 5) is 0. The molecule has 0 saturated carbocycles. The second-order valence-electron chi connectivity index (χ2n) is 4.61. The predicted molar refractivity (Wildman–Crippen MR) is 74.2 cm³/mol. The standard InChI is InChI=1S/C13H28O4S/c1-3-4-11-16-12-9-7-5-6-8-10-13-17-18(2,14)15/h3-13H2,1-2H3. The van der Waals surface area contributed by atoms with E-state index in [1.807, 2.05) is 0 Å². The zero-order chi connectivity index (χ0) is 13.7. The van der Waals surface area contributed by atoms with Crippen molar-refractivity contribution in [2.75, 3.05) is 26.1 Å². The maximum absolute atomic E-state index is 10.7. The molecule has 0 aliphatic carbocycles. The summed E-state index contributed by atoms with van der Waals surface area (Å²) in [5, 5.41) is 0. The van der Waals surface area contributed by atoms with Crippen molar-refractivity contribution in [2.45, 2.75) is 58.3 Å². The molecule has 0 N–H and O–H groups in total. The molecule has 18 heavy (non-hydrogen) atoms. The molecule has 0 unspecified atom stereocenters. The Morgan fingerprint density at radius 3 is 1.83 bits per heavy atom. The van der Waals surface area contributed by atoms with E-state index in [4.69, 9.17) is 4.74 Å². The Morgan fingerprint density at radius 1 is 0.778 bits per heavy atom. The van der Waals surface area contributed by atoms with E-state index in [-0.39, 0.29) is 0 Å². The Balaban J connectivity index is 3.03. The Labute approximate surface area is 112 Å². The van der Waals surface area contributed by atoms with Gasteiger partial charge in [-0.15, -0.1) is 0 Å². The quantitative estimate of drug-likeness (QED) is 0.384. The van der Waals surface area contributed by atoms with E-state index in [0.717, 1.165) is 51.6 Å². The molecule has 0 aliphatic rings. The van der Waals surface area contributed by atoms with Gasteiger partial charge in [0, 0.05) is 13.2 Å². The summed E-state index contributed by atoms with van der Waals surface area (Å²) in [6, 6.07) is 0. The molecular formula is C13H28O4S. The minimum Gasteiger partial charge on any atom is -0.381 e. The molecule has 0 bridgehead atoms. The molecule has 0 amide bonds. The average molecular weight is 280 g/mol. The summed E-state index contributed by atoms with van der Waals surface area (Å²) in [7, 11) is -3.25. The van der Waals surface area contributed by atoms with Crippen molar-refractivity contribution in [1.82, 2.24) is 0 Å². The predicted octanol–water partition coefficient (Wildman–Crippen LogP) is 3.12. The van der Waals surface area contributed by atoms with Crippen LogP contribution in [0, 0.1) is 0 Å². The van der Waals surface area contributed by atoms with Gasteiger partial charge in [-0.2, -0.15) is 8.42 Å². The summed E-state index contributed by atoms with van der Waals surface area (Å²) in [5.74, 6) is 0. The number of hydrogen-bond donors (Lipinski definition) is 0. The highest BCUT2D eigenvalue weighted by Crippen LogP contribution is 2.06. The molecule has 0 rings (SSSR count). The lowest BCUT2D eigenvalue weighted by molar-refractivity contribution is 0.127. The molecule has 0 fully saturated rings. The lowest BCUT2D eigenvalue weighted by Crippen LogP contribution is -2.03. The van der Waals surface area contributed by atoms with E-state index in [9.17, 15) is 8.42 Å². The van der Waals surface area contributed by atoms with Crippen LogP contribution in [0.15, 0.2) is 0 Å². The van der Waals surface area contributed by atoms with Crippen LogP contribution in [0.5, 0.6) is 0 Å². The van der Waals surface area contributed by atoms with E-state index < -0.39 is 10.1 Å². The summed E-state index contributed by atoms with van der Waals surface area (Å²) >= 11 is 0. The van der Waals surface area contributed by atoms with Crippen molar-refractivity contribution in [2.24, 2.45) is 0 Å². The van der Waals surface area contributed by atoms with Crippen molar-refractivity contribution >= 4 is 10.1 Å². The van der Waals surface area contributed by atoms with Gasteiger partial charge < -0.3 is 4.74 Å². The molecule has 110 valence electrons. The molecule has 0 heterocycles. The lowest BCUT2D eigenvalue weighted by atomic mass is 10.1. The van der Waals surface area contributed by atoms with Crippen LogP contribution in [0.1, 0.15) is 58.3 Å². The van der Waals surface area contributed by atoms with Crippen molar-refractivity contribution in [3.8, 4) is 0 Å². The molecule has 0 spiro atoms. The van der Waals surface area contributed by atoms with Crippen LogP contribution < -0.4 is 0 Å². The molecule has 0 aromatic rings. The van der Waals surface area contributed by atoms with Gasteiger partial charge in [-0.05, 0) is 19.3 Å². The third kappa shape index (κ3) is 15.9. The van der Waals surface area contributed by atoms with Crippen LogP contribution in [0.2, 0.25) is 0 Å². The fourth-order valence-electron chi connectivity index (χ4n) is 1.57. The SMILES string of the molecule is CCCCOCCCCCCCCOS(C)(=O)=O. The number of hydrogen-bond acceptors (Lipinski definition) is 4. The Morgan fingerprint density at radius 2 is 1.28 bits per heavy atom. The molecule has 4 nitrogen and oxygen atoms in total. The smallest absolute Gasteiger partial charge is 0.264 e. The van der Waals surface area contributed by atoms with Gasteiger partial charge in [0.2, 0.25) is 0 Å². The van der Waals surface area contributed by atoms with E-state index in [1.54, 1.807) is 0 Å². The van der Waals surface area contributed by atoms with Crippen LogP contribution in [-0.4, -0.2) is 34.5 Å². The lowest BCUT2D eigenvalue weighted by Gasteiger charge is -2.04. The van der Waals surface area contributed by atoms with E-state index in [2.05, 4.69) is 11.1 Å². The zero-order valence-corrected chi connectivity index (χ0v) is 12.6. The van der Waals surface area contributed by atoms with Crippen LogP contribution in [0.4, 0.5) is 0 Å². The maximum atomic E-state index is 10.7. The fraction of sp³-hybridized carbons (Fsp3) is 1.00. The molecule has 5 heteroatoms. The Bertz CT molecular complexity index is 262. The third-order valence-corrected chi connectivity index (χ3v) is 3.22. The molecular weight excluding hydrogens is 252 g/mol. The number of ether oxygens (including phenoxy) is 1. The number of rotatable bonds is 13.